The van der Waals surface area contributed by atoms with Gasteiger partial charge in [-0.05, 0) is 24.0 Å². The summed E-state index contributed by atoms with van der Waals surface area (Å²) < 4.78 is 5.62. The Morgan fingerprint density at radius 2 is 1.93 bits per heavy atom. The van der Waals surface area contributed by atoms with Gasteiger partial charge in [0.25, 0.3) is 0 Å². The van der Waals surface area contributed by atoms with E-state index in [1.54, 1.807) is 0 Å². The highest BCUT2D eigenvalue weighted by molar-refractivity contribution is 5.18. The van der Waals surface area contributed by atoms with Crippen LogP contribution in [0.2, 0.25) is 0 Å². The molecule has 1 rings (SSSR count). The van der Waals surface area contributed by atoms with E-state index in [1.807, 2.05) is 6.26 Å². The minimum atomic E-state index is 0.345. The van der Waals surface area contributed by atoms with Gasteiger partial charge in [-0.3, -0.25) is 0 Å². The number of hydrogen-bond acceptors (Lipinski definition) is 2. The van der Waals surface area contributed by atoms with Crippen LogP contribution in [0.25, 0.3) is 0 Å². The minimum absolute atomic E-state index is 0.345. The molecule has 0 spiro atoms. The standard InChI is InChI=1S/C13H23NO/c1-6-12(14-10(4)5)13-7-11(8-15-13)9(2)3/h7-10,12,14H,6H2,1-5H3. The summed E-state index contributed by atoms with van der Waals surface area (Å²) in [6.07, 6.45) is 2.94. The lowest BCUT2D eigenvalue weighted by molar-refractivity contribution is 0.381. The van der Waals surface area contributed by atoms with Gasteiger partial charge in [-0.25, -0.2) is 0 Å². The van der Waals surface area contributed by atoms with Crippen molar-refractivity contribution in [2.75, 3.05) is 0 Å². The molecule has 15 heavy (non-hydrogen) atoms. The second-order valence-electron chi connectivity index (χ2n) is 4.72. The van der Waals surface area contributed by atoms with Crippen molar-refractivity contribution >= 4 is 0 Å². The van der Waals surface area contributed by atoms with Gasteiger partial charge in [0.05, 0.1) is 12.3 Å². The molecule has 0 saturated carbocycles. The van der Waals surface area contributed by atoms with Gasteiger partial charge < -0.3 is 9.73 Å². The number of furan rings is 1. The molecule has 1 N–H and O–H groups in total. The molecule has 0 amide bonds. The first-order valence-corrected chi connectivity index (χ1v) is 5.89. The van der Waals surface area contributed by atoms with E-state index in [0.29, 0.717) is 18.0 Å². The molecule has 0 saturated heterocycles. The third kappa shape index (κ3) is 3.38. The topological polar surface area (TPSA) is 25.2 Å². The molecule has 1 atom stereocenters. The third-order valence-corrected chi connectivity index (χ3v) is 2.59. The van der Waals surface area contributed by atoms with Gasteiger partial charge >= 0.3 is 0 Å². The Labute approximate surface area is 93.1 Å². The maximum absolute atomic E-state index is 5.62. The van der Waals surface area contributed by atoms with Crippen molar-refractivity contribution in [3.05, 3.63) is 23.7 Å². The van der Waals surface area contributed by atoms with Gasteiger partial charge in [0.2, 0.25) is 0 Å². The Morgan fingerprint density at radius 3 is 2.33 bits per heavy atom. The normalized spacial score (nSPS) is 13.8. The van der Waals surface area contributed by atoms with Crippen molar-refractivity contribution in [2.24, 2.45) is 0 Å². The van der Waals surface area contributed by atoms with Gasteiger partial charge in [0.15, 0.2) is 0 Å². The molecular formula is C13H23NO. The van der Waals surface area contributed by atoms with E-state index in [4.69, 9.17) is 4.42 Å². The van der Waals surface area contributed by atoms with Crippen LogP contribution in [0.15, 0.2) is 16.7 Å². The summed E-state index contributed by atoms with van der Waals surface area (Å²) in [6.45, 7) is 10.9. The first-order valence-electron chi connectivity index (χ1n) is 5.89. The fraction of sp³-hybridized carbons (Fsp3) is 0.692. The van der Waals surface area contributed by atoms with Crippen molar-refractivity contribution in [2.45, 2.75) is 59.0 Å². The predicted octanol–water partition coefficient (Wildman–Crippen LogP) is 3.85. The SMILES string of the molecule is CCC(NC(C)C)c1cc(C(C)C)co1. The van der Waals surface area contributed by atoms with Crippen LogP contribution in [0, 0.1) is 0 Å². The molecular weight excluding hydrogens is 186 g/mol. The Morgan fingerprint density at radius 1 is 1.27 bits per heavy atom. The van der Waals surface area contributed by atoms with Crippen molar-refractivity contribution in [1.82, 2.24) is 5.32 Å². The lowest BCUT2D eigenvalue weighted by Gasteiger charge is -2.17. The van der Waals surface area contributed by atoms with Crippen LogP contribution < -0.4 is 5.32 Å². The quantitative estimate of drug-likeness (QED) is 0.796. The number of nitrogens with one attached hydrogen (secondary N) is 1. The highest BCUT2D eigenvalue weighted by Gasteiger charge is 2.15. The highest BCUT2D eigenvalue weighted by Crippen LogP contribution is 2.24. The lowest BCUT2D eigenvalue weighted by atomic mass is 10.1. The van der Waals surface area contributed by atoms with E-state index in [-0.39, 0.29) is 0 Å². The smallest absolute Gasteiger partial charge is 0.120 e. The van der Waals surface area contributed by atoms with Crippen LogP contribution in [-0.4, -0.2) is 6.04 Å². The molecule has 1 aromatic heterocycles. The molecule has 1 unspecified atom stereocenters. The Balaban J connectivity index is 2.74. The van der Waals surface area contributed by atoms with Crippen molar-refractivity contribution in [3.8, 4) is 0 Å². The fourth-order valence-corrected chi connectivity index (χ4v) is 1.66. The largest absolute Gasteiger partial charge is 0.467 e. The molecule has 0 aliphatic carbocycles. The number of hydrogen-bond donors (Lipinski definition) is 1. The van der Waals surface area contributed by atoms with Gasteiger partial charge in [-0.15, -0.1) is 0 Å². The Bertz CT molecular complexity index is 288. The molecule has 0 bridgehead atoms. The fourth-order valence-electron chi connectivity index (χ4n) is 1.66. The average molecular weight is 209 g/mol. The summed E-state index contributed by atoms with van der Waals surface area (Å²) in [5.41, 5.74) is 1.29. The van der Waals surface area contributed by atoms with E-state index in [1.165, 1.54) is 5.56 Å². The van der Waals surface area contributed by atoms with Crippen molar-refractivity contribution in [3.63, 3.8) is 0 Å². The second-order valence-corrected chi connectivity index (χ2v) is 4.72. The third-order valence-electron chi connectivity index (χ3n) is 2.59. The van der Waals surface area contributed by atoms with Gasteiger partial charge in [0.1, 0.15) is 5.76 Å². The molecule has 1 heterocycles. The summed E-state index contributed by atoms with van der Waals surface area (Å²) in [5, 5.41) is 3.50. The lowest BCUT2D eigenvalue weighted by Crippen LogP contribution is -2.27. The molecule has 2 nitrogen and oxygen atoms in total. The predicted molar refractivity (Wildman–Crippen MR) is 64.1 cm³/mol. The van der Waals surface area contributed by atoms with Gasteiger partial charge in [-0.2, -0.15) is 0 Å². The van der Waals surface area contributed by atoms with E-state index < -0.39 is 0 Å². The maximum Gasteiger partial charge on any atom is 0.120 e. The molecule has 1 aromatic rings. The van der Waals surface area contributed by atoms with Crippen LogP contribution in [-0.2, 0) is 0 Å². The van der Waals surface area contributed by atoms with E-state index in [0.717, 1.165) is 12.2 Å². The maximum atomic E-state index is 5.62. The summed E-state index contributed by atoms with van der Waals surface area (Å²) in [5.74, 6) is 1.61. The van der Waals surface area contributed by atoms with E-state index >= 15 is 0 Å². The van der Waals surface area contributed by atoms with Crippen LogP contribution in [0.5, 0.6) is 0 Å². The average Bonchev–Trinajstić information content (AvgIpc) is 2.62. The molecule has 0 radical (unpaired) electrons. The van der Waals surface area contributed by atoms with Crippen LogP contribution >= 0.6 is 0 Å². The van der Waals surface area contributed by atoms with Crippen molar-refractivity contribution in [1.29, 1.82) is 0 Å². The summed E-state index contributed by atoms with van der Waals surface area (Å²) in [4.78, 5) is 0. The molecule has 86 valence electrons. The highest BCUT2D eigenvalue weighted by atomic mass is 16.3. The zero-order valence-corrected chi connectivity index (χ0v) is 10.5. The molecule has 0 aliphatic heterocycles. The first kappa shape index (κ1) is 12.3. The molecule has 0 aromatic carbocycles. The van der Waals surface area contributed by atoms with E-state index in [2.05, 4.69) is 46.0 Å². The van der Waals surface area contributed by atoms with Crippen LogP contribution in [0.4, 0.5) is 0 Å². The zero-order chi connectivity index (χ0) is 11.4. The molecule has 0 aliphatic rings. The zero-order valence-electron chi connectivity index (χ0n) is 10.5. The van der Waals surface area contributed by atoms with Gasteiger partial charge in [0, 0.05) is 6.04 Å². The Kier molecular flexibility index (Phi) is 4.40. The monoisotopic (exact) mass is 209 g/mol. The summed E-state index contributed by atoms with van der Waals surface area (Å²) in [7, 11) is 0. The van der Waals surface area contributed by atoms with Crippen molar-refractivity contribution < 1.29 is 4.42 Å². The van der Waals surface area contributed by atoms with Gasteiger partial charge in [-0.1, -0.05) is 34.6 Å². The Hall–Kier alpha value is -0.760. The summed E-state index contributed by atoms with van der Waals surface area (Å²) >= 11 is 0. The van der Waals surface area contributed by atoms with Crippen LogP contribution in [0.3, 0.4) is 0 Å². The molecule has 0 fully saturated rings. The first-order chi connectivity index (χ1) is 7.04. The number of rotatable bonds is 5. The van der Waals surface area contributed by atoms with E-state index in [9.17, 15) is 0 Å². The summed E-state index contributed by atoms with van der Waals surface area (Å²) in [6, 6.07) is 3.01. The molecule has 2 heteroatoms. The second kappa shape index (κ2) is 5.36. The van der Waals surface area contributed by atoms with Crippen LogP contribution in [0.1, 0.15) is 64.3 Å². The minimum Gasteiger partial charge on any atom is -0.467 e.